The first-order chi connectivity index (χ1) is 20.5. The molecular weight excluding hydrogens is 745 g/mol. The molecule has 23 nitrogen and oxygen atoms in total. The maximum Gasteiger partial charge on any atom is 0.322 e. The van der Waals surface area contributed by atoms with Crippen LogP contribution in [0, 0.1) is 0 Å². The Morgan fingerprint density at radius 3 is 1.22 bits per heavy atom. The van der Waals surface area contributed by atoms with Gasteiger partial charge in [-0.2, -0.15) is 8.42 Å². The Balaban J connectivity index is -0.000000257. The quantitative estimate of drug-likeness (QED) is 0.0340. The van der Waals surface area contributed by atoms with Gasteiger partial charge in [0.1, 0.15) is 64.3 Å². The molecule has 0 aromatic rings. The van der Waals surface area contributed by atoms with Gasteiger partial charge in [0.2, 0.25) is 0 Å². The Bertz CT molecular complexity index is 1480. The lowest BCUT2D eigenvalue weighted by Gasteiger charge is -2.06. The van der Waals surface area contributed by atoms with Crippen molar-refractivity contribution in [2.75, 3.05) is 55.6 Å². The number of hydrogen-bond acceptors (Lipinski definition) is 23. The highest BCUT2D eigenvalue weighted by Crippen LogP contribution is 1.96. The van der Waals surface area contributed by atoms with Crippen LogP contribution in [0.3, 0.4) is 0 Å². The molecule has 0 atom stereocenters. The molecule has 0 radical (unpaired) electrons. The molecule has 276 valence electrons. The van der Waals surface area contributed by atoms with Crippen molar-refractivity contribution < 1.29 is 103 Å². The van der Waals surface area contributed by atoms with Crippen LogP contribution in [0.25, 0.3) is 0 Å². The highest BCUT2D eigenvalue weighted by atomic mass is 32.3. The van der Waals surface area contributed by atoms with E-state index in [0.29, 0.717) is 6.61 Å². The average molecular weight is 777 g/mol. The van der Waals surface area contributed by atoms with Gasteiger partial charge in [-0.1, -0.05) is 6.92 Å². The number of Topliss-reactive ketones (excluding diaryl/α,β-unsaturated/α-hetero) is 1. The summed E-state index contributed by atoms with van der Waals surface area (Å²) >= 11 is 0. The van der Waals surface area contributed by atoms with Crippen molar-refractivity contribution in [2.24, 2.45) is 0 Å². The second-order valence-corrected chi connectivity index (χ2v) is 14.9. The Hall–Kier alpha value is -2.41. The molecule has 0 aliphatic carbocycles. The highest BCUT2D eigenvalue weighted by molar-refractivity contribution is 8.03. The Kier molecular flexibility index (Phi) is 27.1. The Morgan fingerprint density at radius 2 is 0.913 bits per heavy atom. The molecule has 0 bridgehead atoms. The zero-order valence-electron chi connectivity index (χ0n) is 24.5. The second kappa shape index (κ2) is 24.7. The minimum absolute atomic E-state index is 0.0777. The normalized spacial score (nSPS) is 11.6. The predicted molar refractivity (Wildman–Crippen MR) is 144 cm³/mol. The van der Waals surface area contributed by atoms with Crippen molar-refractivity contribution in [3.63, 3.8) is 0 Å². The van der Waals surface area contributed by atoms with Gasteiger partial charge in [-0.05, 0) is 20.8 Å². The first kappa shape index (κ1) is 50.4. The molecule has 0 fully saturated rings. The molecule has 0 N–H and O–H groups in total. The summed E-state index contributed by atoms with van der Waals surface area (Å²) in [6, 6.07) is 0. The third kappa shape index (κ3) is 48.5. The van der Waals surface area contributed by atoms with E-state index >= 15 is 0 Å². The van der Waals surface area contributed by atoms with Gasteiger partial charge in [-0.15, -0.1) is 0 Å². The van der Waals surface area contributed by atoms with Gasteiger partial charge in [0.15, 0.2) is 17.7 Å². The standard InChI is InChI=1S/C6H10O6S.C5H10O6S.C4H8O5S.C3H8O6S2/c1-2-5(7)3-12-6(8)4-13(9,10)11;1-2-10-4-11-5(6)3-12(7,8)9;1-2-9-4(5)3-10(6,7)8;1-2-9-11(7,8)3-10(4,5)6/h2-4H2,1H3,(H,9,10,11);2-4H2,1H3,(H,7,8,9);2-3H2,1H3,(H,6,7,8);2-3H2,1H3,(H,4,5,6)/p-4. The third-order valence-corrected chi connectivity index (χ3v) is 7.74. The summed E-state index contributed by atoms with van der Waals surface area (Å²) in [5.41, 5.74) is 0. The van der Waals surface area contributed by atoms with Gasteiger partial charge in [-0.3, -0.25) is 23.4 Å². The molecule has 0 unspecified atom stereocenters. The summed E-state index contributed by atoms with van der Waals surface area (Å²) in [6.07, 6.45) is 0.192. The van der Waals surface area contributed by atoms with Crippen LogP contribution in [-0.2, 0) is 92.9 Å². The molecule has 0 saturated heterocycles. The fraction of sp³-hybridized carbons (Fsp3) is 0.778. The van der Waals surface area contributed by atoms with Gasteiger partial charge in [0.05, 0.1) is 13.2 Å². The predicted octanol–water partition coefficient (Wildman–Crippen LogP) is -3.93. The molecule has 0 amide bonds. The zero-order chi connectivity index (χ0) is 37.4. The summed E-state index contributed by atoms with van der Waals surface area (Å²) in [5.74, 6) is -7.10. The van der Waals surface area contributed by atoms with Crippen molar-refractivity contribution in [3.8, 4) is 0 Å². The lowest BCUT2D eigenvalue weighted by Crippen LogP contribution is -2.20. The van der Waals surface area contributed by atoms with E-state index in [9.17, 15) is 79.5 Å². The number of ketones is 1. The van der Waals surface area contributed by atoms with Crippen LogP contribution < -0.4 is 0 Å². The highest BCUT2D eigenvalue weighted by Gasteiger charge is 2.14. The van der Waals surface area contributed by atoms with E-state index in [4.69, 9.17) is 0 Å². The first-order valence-corrected chi connectivity index (χ1v) is 19.6. The van der Waals surface area contributed by atoms with Gasteiger partial charge < -0.3 is 37.2 Å². The van der Waals surface area contributed by atoms with Gasteiger partial charge in [-0.25, -0.2) is 33.7 Å². The number of esters is 3. The molecule has 28 heteroatoms. The van der Waals surface area contributed by atoms with E-state index < -0.39 is 97.4 Å². The van der Waals surface area contributed by atoms with E-state index in [1.807, 2.05) is 0 Å². The molecule has 0 heterocycles. The zero-order valence-corrected chi connectivity index (χ0v) is 28.6. The fourth-order valence-corrected chi connectivity index (χ4v) is 4.72. The van der Waals surface area contributed by atoms with Crippen LogP contribution in [0.2, 0.25) is 0 Å². The van der Waals surface area contributed by atoms with Crippen molar-refractivity contribution in [1.82, 2.24) is 0 Å². The lowest BCUT2D eigenvalue weighted by atomic mass is 10.3. The van der Waals surface area contributed by atoms with Crippen molar-refractivity contribution in [1.29, 1.82) is 0 Å². The van der Waals surface area contributed by atoms with Crippen LogP contribution >= 0.6 is 0 Å². The number of carbonyl (C=O) groups is 4. The molecule has 0 rings (SSSR count). The smallest absolute Gasteiger partial charge is 0.322 e. The van der Waals surface area contributed by atoms with Crippen LogP contribution in [0.15, 0.2) is 0 Å². The maximum atomic E-state index is 10.6. The van der Waals surface area contributed by atoms with Crippen molar-refractivity contribution in [3.05, 3.63) is 0 Å². The van der Waals surface area contributed by atoms with Gasteiger partial charge >= 0.3 is 17.9 Å². The van der Waals surface area contributed by atoms with Crippen LogP contribution in [0.4, 0.5) is 0 Å². The molecule has 0 saturated carbocycles. The molecule has 0 aromatic heterocycles. The fourth-order valence-electron chi connectivity index (χ4n) is 1.56. The van der Waals surface area contributed by atoms with Gasteiger partial charge in [0, 0.05) is 13.0 Å². The topological polar surface area (TPSA) is 377 Å². The molecule has 0 aliphatic heterocycles. The summed E-state index contributed by atoms with van der Waals surface area (Å²) in [4.78, 5) is 41.8. The summed E-state index contributed by atoms with van der Waals surface area (Å²) in [7, 11) is -22.6. The van der Waals surface area contributed by atoms with Gasteiger partial charge in [0.25, 0.3) is 10.1 Å². The minimum atomic E-state index is -4.77. The minimum Gasteiger partial charge on any atom is -0.748 e. The van der Waals surface area contributed by atoms with E-state index in [1.165, 1.54) is 13.8 Å². The van der Waals surface area contributed by atoms with Crippen LogP contribution in [0.5, 0.6) is 0 Å². The number of rotatable bonds is 17. The largest absolute Gasteiger partial charge is 0.748 e. The summed E-state index contributed by atoms with van der Waals surface area (Å²) in [6.45, 7) is 5.57. The Labute approximate surface area is 266 Å². The van der Waals surface area contributed by atoms with Crippen LogP contribution in [-0.4, -0.2) is 140 Å². The average Bonchev–Trinajstić information content (AvgIpc) is 2.79. The van der Waals surface area contributed by atoms with E-state index in [2.05, 4.69) is 23.1 Å². The number of hydrogen-bond donors (Lipinski definition) is 0. The number of ether oxygens (including phenoxy) is 4. The SMILES string of the molecule is CCC(=O)COC(=O)CS(=O)(=O)[O-].CCOC(=O)CS(=O)(=O)[O-].CCOCOC(=O)CS(=O)(=O)[O-].CCOS(=O)(=O)CS(=O)(=O)[O-]. The van der Waals surface area contributed by atoms with E-state index in [-0.39, 0.29) is 32.2 Å². The molecule has 46 heavy (non-hydrogen) atoms. The monoisotopic (exact) mass is 776 g/mol. The van der Waals surface area contributed by atoms with E-state index in [0.717, 1.165) is 0 Å². The molecule has 0 aromatic carbocycles. The van der Waals surface area contributed by atoms with Crippen molar-refractivity contribution in [2.45, 2.75) is 34.1 Å². The molecule has 0 aliphatic rings. The summed E-state index contributed by atoms with van der Waals surface area (Å²) < 4.78 is 161. The third-order valence-electron chi connectivity index (χ3n) is 3.07. The molecular formula is C18H32O23S5-4. The number of carbonyl (C=O) groups excluding carboxylic acids is 4. The van der Waals surface area contributed by atoms with E-state index in [1.54, 1.807) is 13.8 Å². The maximum absolute atomic E-state index is 10.6. The Morgan fingerprint density at radius 1 is 0.522 bits per heavy atom. The first-order valence-electron chi connectivity index (χ1n) is 11.7. The van der Waals surface area contributed by atoms with Crippen molar-refractivity contribution >= 4 is 74.3 Å². The summed E-state index contributed by atoms with van der Waals surface area (Å²) in [5, 5.41) is -1.51. The molecule has 0 spiro atoms. The lowest BCUT2D eigenvalue weighted by molar-refractivity contribution is -0.152. The second-order valence-electron chi connectivity index (χ2n) is 7.23. The van der Waals surface area contributed by atoms with Crippen LogP contribution in [0.1, 0.15) is 34.1 Å².